The smallest absolute Gasteiger partial charge is 0.0541 e. The van der Waals surface area contributed by atoms with Gasteiger partial charge in [0.1, 0.15) is 0 Å². The zero-order chi connectivity index (χ0) is 14.5. The van der Waals surface area contributed by atoms with Crippen molar-refractivity contribution in [3.63, 3.8) is 0 Å². The van der Waals surface area contributed by atoms with Gasteiger partial charge in [-0.3, -0.25) is 0 Å². The highest BCUT2D eigenvalue weighted by Gasteiger charge is 2.22. The monoisotopic (exact) mass is 276 g/mol. The average molecular weight is 276 g/mol. The van der Waals surface area contributed by atoms with E-state index in [9.17, 15) is 5.11 Å². The number of nitrogens with two attached hydrogens (primary N) is 1. The molecule has 1 aliphatic heterocycles. The van der Waals surface area contributed by atoms with E-state index in [0.29, 0.717) is 5.92 Å². The van der Waals surface area contributed by atoms with Crippen molar-refractivity contribution < 1.29 is 5.11 Å². The fourth-order valence-electron chi connectivity index (χ4n) is 2.96. The van der Waals surface area contributed by atoms with E-state index in [1.807, 2.05) is 6.92 Å². The highest BCUT2D eigenvalue weighted by atomic mass is 16.3. The number of nitrogens with zero attached hydrogens (tertiary/aromatic N) is 1. The summed E-state index contributed by atoms with van der Waals surface area (Å²) in [6.07, 6.45) is 3.06. The molecule has 0 amide bonds. The number of aliphatic hydroxyl groups is 1. The first-order valence-electron chi connectivity index (χ1n) is 7.79. The zero-order valence-electron chi connectivity index (χ0n) is 12.8. The number of aliphatic hydroxyl groups excluding tert-OH is 1. The van der Waals surface area contributed by atoms with Crippen molar-refractivity contribution in [3.8, 4) is 0 Å². The number of rotatable bonds is 5. The van der Waals surface area contributed by atoms with Crippen molar-refractivity contribution in [2.24, 2.45) is 11.7 Å². The second kappa shape index (κ2) is 7.21. The lowest BCUT2D eigenvalue weighted by molar-refractivity contribution is 0.0709. The third-order valence-electron chi connectivity index (χ3n) is 4.58. The summed E-state index contributed by atoms with van der Waals surface area (Å²) >= 11 is 0. The molecule has 3 N–H and O–H groups in total. The summed E-state index contributed by atoms with van der Waals surface area (Å²) in [5.41, 5.74) is 8.78. The maximum absolute atomic E-state index is 9.61. The topological polar surface area (TPSA) is 49.5 Å². The fourth-order valence-corrected chi connectivity index (χ4v) is 2.96. The van der Waals surface area contributed by atoms with Crippen LogP contribution in [0.3, 0.4) is 0 Å². The number of piperidine rings is 1. The number of likely N-dealkylation sites (tertiary alicyclic amines) is 1. The van der Waals surface area contributed by atoms with Crippen LogP contribution in [0, 0.1) is 12.8 Å². The van der Waals surface area contributed by atoms with Crippen LogP contribution in [-0.4, -0.2) is 35.7 Å². The van der Waals surface area contributed by atoms with Crippen molar-refractivity contribution >= 4 is 0 Å². The van der Waals surface area contributed by atoms with Gasteiger partial charge < -0.3 is 15.7 Å². The maximum Gasteiger partial charge on any atom is 0.0541 e. The minimum Gasteiger partial charge on any atom is -0.393 e. The van der Waals surface area contributed by atoms with Crippen molar-refractivity contribution in [1.82, 2.24) is 4.90 Å². The Hall–Kier alpha value is -0.900. The predicted molar refractivity (Wildman–Crippen MR) is 83.6 cm³/mol. The van der Waals surface area contributed by atoms with Gasteiger partial charge in [-0.2, -0.15) is 0 Å². The van der Waals surface area contributed by atoms with E-state index in [2.05, 4.69) is 36.1 Å². The molecule has 1 fully saturated rings. The molecular weight excluding hydrogens is 248 g/mol. The van der Waals surface area contributed by atoms with Crippen LogP contribution >= 0.6 is 0 Å². The van der Waals surface area contributed by atoms with E-state index in [-0.39, 0.29) is 12.1 Å². The van der Waals surface area contributed by atoms with E-state index in [1.54, 1.807) is 0 Å². The van der Waals surface area contributed by atoms with Gasteiger partial charge in [0.2, 0.25) is 0 Å². The molecule has 0 aromatic heterocycles. The Morgan fingerprint density at radius 2 is 1.85 bits per heavy atom. The molecule has 1 aromatic rings. The Labute approximate surface area is 122 Å². The van der Waals surface area contributed by atoms with Gasteiger partial charge in [0.25, 0.3) is 0 Å². The van der Waals surface area contributed by atoms with Crippen LogP contribution in [0.2, 0.25) is 0 Å². The van der Waals surface area contributed by atoms with Gasteiger partial charge in [-0.15, -0.1) is 0 Å². The quantitative estimate of drug-likeness (QED) is 0.868. The summed E-state index contributed by atoms with van der Waals surface area (Å²) in [5.74, 6) is 0.483. The van der Waals surface area contributed by atoms with E-state index >= 15 is 0 Å². The first-order chi connectivity index (χ1) is 9.56. The standard InChI is InChI=1S/C17H28N2O/c1-13-3-5-16(6-4-13)17(18)9-12-19-10-7-15(8-11-19)14(2)20/h3-6,14-15,17,20H,7-12,18H2,1-2H3. The molecule has 3 nitrogen and oxygen atoms in total. The summed E-state index contributed by atoms with van der Waals surface area (Å²) in [6.45, 7) is 7.25. The number of benzene rings is 1. The van der Waals surface area contributed by atoms with Crippen molar-refractivity contribution in [2.75, 3.05) is 19.6 Å². The van der Waals surface area contributed by atoms with Crippen LogP contribution < -0.4 is 5.73 Å². The summed E-state index contributed by atoms with van der Waals surface area (Å²) in [6, 6.07) is 8.66. The molecule has 3 heteroatoms. The Kier molecular flexibility index (Phi) is 5.58. The van der Waals surface area contributed by atoms with Crippen LogP contribution in [-0.2, 0) is 0 Å². The number of aryl methyl sites for hydroxylation is 1. The molecule has 112 valence electrons. The predicted octanol–water partition coefficient (Wildman–Crippen LogP) is 2.48. The first-order valence-corrected chi connectivity index (χ1v) is 7.79. The van der Waals surface area contributed by atoms with Crippen LogP contribution in [0.4, 0.5) is 0 Å². The highest BCUT2D eigenvalue weighted by Crippen LogP contribution is 2.22. The SMILES string of the molecule is Cc1ccc(C(N)CCN2CCC(C(C)O)CC2)cc1. The third kappa shape index (κ3) is 4.30. The fraction of sp³-hybridized carbons (Fsp3) is 0.647. The zero-order valence-corrected chi connectivity index (χ0v) is 12.8. The van der Waals surface area contributed by atoms with E-state index in [0.717, 1.165) is 38.9 Å². The molecule has 1 aliphatic rings. The first kappa shape index (κ1) is 15.5. The lowest BCUT2D eigenvalue weighted by Gasteiger charge is -2.33. The van der Waals surface area contributed by atoms with E-state index in [4.69, 9.17) is 5.73 Å². The molecule has 2 rings (SSSR count). The maximum atomic E-state index is 9.61. The van der Waals surface area contributed by atoms with E-state index < -0.39 is 0 Å². The molecule has 1 saturated heterocycles. The van der Waals surface area contributed by atoms with Gasteiger partial charge in [0, 0.05) is 6.04 Å². The summed E-state index contributed by atoms with van der Waals surface area (Å²) < 4.78 is 0. The summed E-state index contributed by atoms with van der Waals surface area (Å²) in [5, 5.41) is 9.61. The largest absolute Gasteiger partial charge is 0.393 e. The molecule has 0 spiro atoms. The average Bonchev–Trinajstić information content (AvgIpc) is 2.46. The lowest BCUT2D eigenvalue weighted by atomic mass is 9.92. The Morgan fingerprint density at radius 1 is 1.25 bits per heavy atom. The summed E-state index contributed by atoms with van der Waals surface area (Å²) in [7, 11) is 0. The van der Waals surface area contributed by atoms with Crippen molar-refractivity contribution in [3.05, 3.63) is 35.4 Å². The molecule has 20 heavy (non-hydrogen) atoms. The van der Waals surface area contributed by atoms with Crippen molar-refractivity contribution in [2.45, 2.75) is 45.3 Å². The third-order valence-corrected chi connectivity index (χ3v) is 4.58. The van der Waals surface area contributed by atoms with E-state index in [1.165, 1.54) is 11.1 Å². The Morgan fingerprint density at radius 3 is 2.40 bits per heavy atom. The Balaban J connectivity index is 1.74. The molecule has 1 heterocycles. The van der Waals surface area contributed by atoms with Crippen LogP contribution in [0.1, 0.15) is 43.4 Å². The minimum absolute atomic E-state index is 0.130. The highest BCUT2D eigenvalue weighted by molar-refractivity contribution is 5.23. The molecule has 1 aromatic carbocycles. The van der Waals surface area contributed by atoms with Gasteiger partial charge in [-0.05, 0) is 64.2 Å². The molecule has 0 radical (unpaired) electrons. The van der Waals surface area contributed by atoms with Gasteiger partial charge in [0.05, 0.1) is 6.10 Å². The second-order valence-corrected chi connectivity index (χ2v) is 6.23. The molecule has 0 aliphatic carbocycles. The summed E-state index contributed by atoms with van der Waals surface area (Å²) in [4.78, 5) is 2.48. The number of hydrogen-bond donors (Lipinski definition) is 2. The van der Waals surface area contributed by atoms with Gasteiger partial charge in [0.15, 0.2) is 0 Å². The van der Waals surface area contributed by atoms with Gasteiger partial charge in [-0.1, -0.05) is 29.8 Å². The van der Waals surface area contributed by atoms with Crippen LogP contribution in [0.5, 0.6) is 0 Å². The molecule has 0 bridgehead atoms. The van der Waals surface area contributed by atoms with Gasteiger partial charge in [-0.25, -0.2) is 0 Å². The minimum atomic E-state index is -0.160. The van der Waals surface area contributed by atoms with Crippen LogP contribution in [0.25, 0.3) is 0 Å². The lowest BCUT2D eigenvalue weighted by Crippen LogP contribution is -2.38. The van der Waals surface area contributed by atoms with Crippen molar-refractivity contribution in [1.29, 1.82) is 0 Å². The van der Waals surface area contributed by atoms with Gasteiger partial charge >= 0.3 is 0 Å². The second-order valence-electron chi connectivity index (χ2n) is 6.23. The molecule has 0 saturated carbocycles. The molecule has 2 unspecified atom stereocenters. The normalized spacial score (nSPS) is 20.8. The number of hydrogen-bond acceptors (Lipinski definition) is 3. The molecular formula is C17H28N2O. The van der Waals surface area contributed by atoms with Crippen LogP contribution in [0.15, 0.2) is 24.3 Å². The Bertz CT molecular complexity index is 394. The molecule has 2 atom stereocenters.